The molecule has 2 rings (SSSR count). The van der Waals surface area contributed by atoms with Crippen LogP contribution in [0.25, 0.3) is 0 Å². The number of anilines is 1. The summed E-state index contributed by atoms with van der Waals surface area (Å²) in [6.07, 6.45) is 6.30. The highest BCUT2D eigenvalue weighted by Gasteiger charge is 2.15. The van der Waals surface area contributed by atoms with Gasteiger partial charge in [0, 0.05) is 12.4 Å². The van der Waals surface area contributed by atoms with Crippen LogP contribution >= 0.6 is 11.6 Å². The minimum Gasteiger partial charge on any atom is -0.262 e. The molecular weight excluding hydrogens is 266 g/mol. The quantitative estimate of drug-likeness (QED) is 0.826. The molecule has 2 aromatic heterocycles. The van der Waals surface area contributed by atoms with Crippen molar-refractivity contribution in [3.63, 3.8) is 0 Å². The van der Waals surface area contributed by atoms with Crippen molar-refractivity contribution in [2.45, 2.75) is 4.90 Å². The largest absolute Gasteiger partial charge is 0.266 e. The molecule has 0 unspecified atom stereocenters. The van der Waals surface area contributed by atoms with Crippen LogP contribution in [0.15, 0.2) is 35.9 Å². The van der Waals surface area contributed by atoms with Gasteiger partial charge < -0.3 is 0 Å². The highest BCUT2D eigenvalue weighted by Crippen LogP contribution is 2.12. The smallest absolute Gasteiger partial charge is 0.262 e. The molecule has 0 aromatic carbocycles. The third kappa shape index (κ3) is 2.86. The van der Waals surface area contributed by atoms with Crippen molar-refractivity contribution in [2.24, 2.45) is 0 Å². The van der Waals surface area contributed by atoms with E-state index in [2.05, 4.69) is 24.7 Å². The molecule has 0 aliphatic heterocycles. The molecule has 0 aliphatic rings. The maximum absolute atomic E-state index is 11.8. The lowest BCUT2D eigenvalue weighted by atomic mass is 10.7. The van der Waals surface area contributed by atoms with Gasteiger partial charge in [-0.25, -0.2) is 23.4 Å². The van der Waals surface area contributed by atoms with Crippen LogP contribution < -0.4 is 4.72 Å². The molecule has 0 atom stereocenters. The Kier molecular flexibility index (Phi) is 3.16. The molecule has 2 aromatic rings. The predicted molar refractivity (Wildman–Crippen MR) is 59.9 cm³/mol. The van der Waals surface area contributed by atoms with Gasteiger partial charge in [0.25, 0.3) is 10.0 Å². The van der Waals surface area contributed by atoms with Gasteiger partial charge in [0.1, 0.15) is 4.90 Å². The summed E-state index contributed by atoms with van der Waals surface area (Å²) < 4.78 is 25.9. The molecule has 17 heavy (non-hydrogen) atoms. The monoisotopic (exact) mass is 271 g/mol. The van der Waals surface area contributed by atoms with E-state index in [1.165, 1.54) is 18.6 Å². The molecule has 88 valence electrons. The predicted octanol–water partition coefficient (Wildman–Crippen LogP) is 0.721. The van der Waals surface area contributed by atoms with Gasteiger partial charge in [-0.15, -0.1) is 0 Å². The highest BCUT2D eigenvalue weighted by molar-refractivity contribution is 7.92. The van der Waals surface area contributed by atoms with Gasteiger partial charge in [0.05, 0.1) is 18.6 Å². The highest BCUT2D eigenvalue weighted by atomic mass is 35.5. The molecule has 0 saturated carbocycles. The molecule has 0 aliphatic carbocycles. The van der Waals surface area contributed by atoms with Crippen molar-refractivity contribution in [3.8, 4) is 0 Å². The van der Waals surface area contributed by atoms with Gasteiger partial charge in [-0.2, -0.15) is 0 Å². The Balaban J connectivity index is 2.29. The van der Waals surface area contributed by atoms with Crippen LogP contribution in [0.4, 0.5) is 5.82 Å². The van der Waals surface area contributed by atoms with Gasteiger partial charge in [-0.3, -0.25) is 9.71 Å². The summed E-state index contributed by atoms with van der Waals surface area (Å²) in [4.78, 5) is 14.6. The molecular formula is C8H6ClN5O2S. The van der Waals surface area contributed by atoms with E-state index in [0.717, 1.165) is 12.4 Å². The van der Waals surface area contributed by atoms with Gasteiger partial charge >= 0.3 is 0 Å². The average Bonchev–Trinajstić information content (AvgIpc) is 2.30. The molecule has 0 amide bonds. The molecule has 0 fully saturated rings. The topological polar surface area (TPSA) is 97.7 Å². The normalized spacial score (nSPS) is 11.1. The molecule has 0 radical (unpaired) electrons. The zero-order chi connectivity index (χ0) is 12.3. The molecule has 1 N–H and O–H groups in total. The Bertz CT molecular complexity index is 602. The zero-order valence-electron chi connectivity index (χ0n) is 8.28. The van der Waals surface area contributed by atoms with E-state index in [1.807, 2.05) is 0 Å². The van der Waals surface area contributed by atoms with E-state index in [-0.39, 0.29) is 16.0 Å². The lowest BCUT2D eigenvalue weighted by Gasteiger charge is -2.05. The summed E-state index contributed by atoms with van der Waals surface area (Å²) in [5, 5.41) is -0.0246. The number of rotatable bonds is 3. The Hall–Kier alpha value is -1.80. The molecule has 9 heteroatoms. The summed E-state index contributed by atoms with van der Waals surface area (Å²) in [5.41, 5.74) is 0. The van der Waals surface area contributed by atoms with E-state index in [0.29, 0.717) is 0 Å². The fourth-order valence-corrected chi connectivity index (χ4v) is 1.97. The summed E-state index contributed by atoms with van der Waals surface area (Å²) in [7, 11) is -3.77. The average molecular weight is 272 g/mol. The number of sulfonamides is 1. The van der Waals surface area contributed by atoms with Crippen molar-refractivity contribution in [3.05, 3.63) is 36.3 Å². The number of aromatic nitrogens is 4. The third-order valence-corrected chi connectivity index (χ3v) is 3.21. The lowest BCUT2D eigenvalue weighted by molar-refractivity contribution is 0.600. The summed E-state index contributed by atoms with van der Waals surface area (Å²) in [5.74, 6) is 0.113. The van der Waals surface area contributed by atoms with Crippen LogP contribution in [0.2, 0.25) is 5.28 Å². The van der Waals surface area contributed by atoms with Crippen molar-refractivity contribution in [2.75, 3.05) is 4.72 Å². The number of hydrogen-bond acceptors (Lipinski definition) is 6. The first-order valence-corrected chi connectivity index (χ1v) is 6.20. The van der Waals surface area contributed by atoms with E-state index >= 15 is 0 Å². The number of halogens is 1. The van der Waals surface area contributed by atoms with Crippen LogP contribution in [-0.2, 0) is 10.0 Å². The first-order valence-electron chi connectivity index (χ1n) is 4.34. The Morgan fingerprint density at radius 2 is 1.76 bits per heavy atom. The van der Waals surface area contributed by atoms with Crippen LogP contribution in [0, 0.1) is 0 Å². The van der Waals surface area contributed by atoms with E-state index in [1.54, 1.807) is 0 Å². The molecule has 0 bridgehead atoms. The van der Waals surface area contributed by atoms with E-state index < -0.39 is 10.0 Å². The lowest BCUT2D eigenvalue weighted by Crippen LogP contribution is -2.14. The standard InChI is InChI=1S/C8H6ClN5O2S/c9-8-12-3-6(4-13-8)17(15,16)14-7-5-10-1-2-11-7/h1-5H,(H,11,14). The van der Waals surface area contributed by atoms with Crippen molar-refractivity contribution < 1.29 is 8.42 Å². The fourth-order valence-electron chi connectivity index (χ4n) is 0.988. The molecule has 0 spiro atoms. The minimum absolute atomic E-state index is 0.0246. The zero-order valence-corrected chi connectivity index (χ0v) is 9.85. The maximum atomic E-state index is 11.8. The van der Waals surface area contributed by atoms with Gasteiger partial charge in [0.15, 0.2) is 5.82 Å². The minimum atomic E-state index is -3.77. The van der Waals surface area contributed by atoms with Crippen molar-refractivity contribution in [1.29, 1.82) is 0 Å². The maximum Gasteiger partial charge on any atom is 0.266 e. The molecule has 0 saturated heterocycles. The second-order valence-electron chi connectivity index (χ2n) is 2.88. The van der Waals surface area contributed by atoms with Gasteiger partial charge in [-0.1, -0.05) is 0 Å². The Morgan fingerprint density at radius 3 is 2.35 bits per heavy atom. The Labute approximate surface area is 102 Å². The number of hydrogen-bond donors (Lipinski definition) is 1. The van der Waals surface area contributed by atoms with Crippen molar-refractivity contribution in [1.82, 2.24) is 19.9 Å². The van der Waals surface area contributed by atoms with Gasteiger partial charge in [-0.05, 0) is 11.6 Å². The van der Waals surface area contributed by atoms with E-state index in [4.69, 9.17) is 11.6 Å². The SMILES string of the molecule is O=S(=O)(Nc1cnccn1)c1cnc(Cl)nc1. The summed E-state index contributed by atoms with van der Waals surface area (Å²) >= 11 is 5.46. The Morgan fingerprint density at radius 1 is 1.06 bits per heavy atom. The van der Waals surface area contributed by atoms with E-state index in [9.17, 15) is 8.42 Å². The first-order chi connectivity index (χ1) is 8.08. The molecule has 2 heterocycles. The van der Waals surface area contributed by atoms with Crippen LogP contribution in [0.1, 0.15) is 0 Å². The number of nitrogens with zero attached hydrogens (tertiary/aromatic N) is 4. The van der Waals surface area contributed by atoms with Crippen LogP contribution in [-0.4, -0.2) is 28.4 Å². The summed E-state index contributed by atoms with van der Waals surface area (Å²) in [6, 6.07) is 0. The first kappa shape index (κ1) is 11.7. The van der Waals surface area contributed by atoms with Crippen molar-refractivity contribution >= 4 is 27.4 Å². The fraction of sp³-hybridized carbons (Fsp3) is 0. The van der Waals surface area contributed by atoms with Crippen LogP contribution in [0.5, 0.6) is 0 Å². The third-order valence-electron chi connectivity index (χ3n) is 1.71. The number of nitrogens with one attached hydrogen (secondary N) is 1. The summed E-state index contributed by atoms with van der Waals surface area (Å²) in [6.45, 7) is 0. The van der Waals surface area contributed by atoms with Gasteiger partial charge in [0.2, 0.25) is 5.28 Å². The molecule has 7 nitrogen and oxygen atoms in total. The van der Waals surface area contributed by atoms with Crippen LogP contribution in [0.3, 0.4) is 0 Å². The second kappa shape index (κ2) is 4.60. The second-order valence-corrected chi connectivity index (χ2v) is 4.90.